The zero-order chi connectivity index (χ0) is 19.7. The predicted octanol–water partition coefficient (Wildman–Crippen LogP) is 2.84. The van der Waals surface area contributed by atoms with Crippen LogP contribution in [-0.2, 0) is 17.1 Å². The monoisotopic (exact) mass is 392 g/mol. The molecule has 0 amide bonds. The van der Waals surface area contributed by atoms with E-state index in [1.54, 1.807) is 0 Å². The van der Waals surface area contributed by atoms with Gasteiger partial charge in [-0.1, -0.05) is 19.1 Å². The number of aromatic nitrogens is 1. The number of hydrogen-bond donors (Lipinski definition) is 0. The fraction of sp³-hybridized carbons (Fsp3) is 0.312. The van der Waals surface area contributed by atoms with Gasteiger partial charge >= 0.3 is 6.18 Å². The lowest BCUT2D eigenvalue weighted by atomic mass is 10.1. The molecule has 1 heterocycles. The van der Waals surface area contributed by atoms with E-state index in [1.165, 1.54) is 14.0 Å². The van der Waals surface area contributed by atoms with Crippen molar-refractivity contribution in [3.8, 4) is 0 Å². The van der Waals surface area contributed by atoms with E-state index in [1.807, 2.05) is 0 Å². The summed E-state index contributed by atoms with van der Waals surface area (Å²) >= 11 is 0. The molecule has 1 aromatic heterocycles. The van der Waals surface area contributed by atoms with E-state index >= 15 is 0 Å². The Kier molecular flexibility index (Phi) is 5.57. The first-order valence-corrected chi connectivity index (χ1v) is 8.93. The third kappa shape index (κ3) is 3.96. The second-order valence-corrected chi connectivity index (χ2v) is 7.41. The average molecular weight is 392 g/mol. The number of sulfonamides is 1. The quantitative estimate of drug-likeness (QED) is 0.736. The molecule has 0 saturated carbocycles. The summed E-state index contributed by atoms with van der Waals surface area (Å²) in [5.41, 5.74) is -0.910. The molecule has 0 aliphatic carbocycles. The molecule has 0 spiro atoms. The Hall–Kier alpha value is -2.20. The first-order valence-electron chi connectivity index (χ1n) is 7.49. The van der Waals surface area contributed by atoms with Crippen molar-refractivity contribution in [1.82, 2.24) is 8.87 Å². The first kappa shape index (κ1) is 20.1. The SMILES string of the molecule is CCN([C@@H](c1ccc(F)cc1)C(F)(F)F)S(=O)(=O)c1ccc(=O)n(C)c1. The maximum atomic E-state index is 13.7. The number of halogens is 4. The van der Waals surface area contributed by atoms with Crippen LogP contribution in [0, 0.1) is 5.82 Å². The molecule has 2 aromatic rings. The van der Waals surface area contributed by atoms with E-state index in [0.717, 1.165) is 47.2 Å². The molecule has 0 N–H and O–H groups in total. The van der Waals surface area contributed by atoms with Gasteiger partial charge in [0, 0.05) is 25.9 Å². The molecular formula is C16H16F4N2O3S. The fourth-order valence-corrected chi connectivity index (χ4v) is 4.17. The molecule has 2 rings (SSSR count). The van der Waals surface area contributed by atoms with Crippen molar-refractivity contribution in [3.63, 3.8) is 0 Å². The lowest BCUT2D eigenvalue weighted by Gasteiger charge is -2.31. The molecule has 142 valence electrons. The molecule has 1 atom stereocenters. The summed E-state index contributed by atoms with van der Waals surface area (Å²) in [5.74, 6) is -0.737. The topological polar surface area (TPSA) is 59.4 Å². The minimum absolute atomic E-state index is 0.278. The largest absolute Gasteiger partial charge is 0.409 e. The second-order valence-electron chi connectivity index (χ2n) is 5.52. The van der Waals surface area contributed by atoms with Gasteiger partial charge in [0.15, 0.2) is 0 Å². The van der Waals surface area contributed by atoms with Crippen molar-refractivity contribution in [1.29, 1.82) is 0 Å². The van der Waals surface area contributed by atoms with Crippen LogP contribution in [-0.4, -0.2) is 30.0 Å². The van der Waals surface area contributed by atoms with E-state index in [0.29, 0.717) is 0 Å². The van der Waals surface area contributed by atoms with E-state index in [-0.39, 0.29) is 4.31 Å². The highest BCUT2D eigenvalue weighted by Gasteiger charge is 2.48. The summed E-state index contributed by atoms with van der Waals surface area (Å²) in [6.07, 6.45) is -3.97. The summed E-state index contributed by atoms with van der Waals surface area (Å²) in [7, 11) is -3.28. The van der Waals surface area contributed by atoms with Gasteiger partial charge in [0.25, 0.3) is 0 Å². The lowest BCUT2D eigenvalue weighted by molar-refractivity contribution is -0.173. The van der Waals surface area contributed by atoms with Gasteiger partial charge in [-0.2, -0.15) is 17.5 Å². The van der Waals surface area contributed by atoms with Crippen LogP contribution < -0.4 is 5.56 Å². The van der Waals surface area contributed by atoms with Crippen molar-refractivity contribution in [2.24, 2.45) is 7.05 Å². The summed E-state index contributed by atoms with van der Waals surface area (Å²) in [5, 5.41) is 0. The van der Waals surface area contributed by atoms with Crippen LogP contribution in [0.3, 0.4) is 0 Å². The highest BCUT2D eigenvalue weighted by Crippen LogP contribution is 2.40. The standard InChI is InChI=1S/C16H16F4N2O3S/c1-3-22(26(24,25)13-8-9-14(23)21(2)10-13)15(16(18,19)20)11-4-6-12(17)7-5-11/h4-10,15H,3H2,1-2H3/t15-/m0/s1. The number of benzene rings is 1. The number of nitrogens with zero attached hydrogens (tertiary/aromatic N) is 2. The molecule has 0 aliphatic heterocycles. The zero-order valence-electron chi connectivity index (χ0n) is 13.9. The van der Waals surface area contributed by atoms with Gasteiger partial charge in [-0.3, -0.25) is 4.79 Å². The van der Waals surface area contributed by atoms with Gasteiger partial charge in [-0.05, 0) is 23.8 Å². The van der Waals surface area contributed by atoms with Gasteiger partial charge < -0.3 is 4.57 Å². The number of aryl methyl sites for hydroxylation is 1. The molecule has 0 radical (unpaired) electrons. The number of pyridine rings is 1. The summed E-state index contributed by atoms with van der Waals surface area (Å²) in [6, 6.07) is 2.88. The Bertz CT molecular complexity index is 937. The minimum atomic E-state index is -4.93. The summed E-state index contributed by atoms with van der Waals surface area (Å²) in [4.78, 5) is 11.0. The van der Waals surface area contributed by atoms with Crippen molar-refractivity contribution in [2.45, 2.75) is 24.0 Å². The Balaban J connectivity index is 2.61. The fourth-order valence-electron chi connectivity index (χ4n) is 2.51. The van der Waals surface area contributed by atoms with E-state index in [2.05, 4.69) is 0 Å². The van der Waals surface area contributed by atoms with Gasteiger partial charge in [0.05, 0.1) is 4.90 Å². The number of hydrogen-bond acceptors (Lipinski definition) is 3. The minimum Gasteiger partial charge on any atom is -0.317 e. The van der Waals surface area contributed by atoms with E-state index < -0.39 is 50.6 Å². The van der Waals surface area contributed by atoms with E-state index in [4.69, 9.17) is 0 Å². The molecule has 0 bridgehead atoms. The van der Waals surface area contributed by atoms with Crippen LogP contribution in [0.5, 0.6) is 0 Å². The van der Waals surface area contributed by atoms with Crippen LogP contribution in [0.25, 0.3) is 0 Å². The molecule has 0 unspecified atom stereocenters. The van der Waals surface area contributed by atoms with Crippen LogP contribution in [0.4, 0.5) is 17.6 Å². The van der Waals surface area contributed by atoms with Crippen LogP contribution >= 0.6 is 0 Å². The lowest BCUT2D eigenvalue weighted by Crippen LogP contribution is -2.42. The van der Waals surface area contributed by atoms with Gasteiger partial charge in [-0.25, -0.2) is 12.8 Å². The molecule has 1 aromatic carbocycles. The van der Waals surface area contributed by atoms with Crippen LogP contribution in [0.15, 0.2) is 52.3 Å². The Labute approximate surface area is 147 Å². The second kappa shape index (κ2) is 7.20. The number of alkyl halides is 3. The van der Waals surface area contributed by atoms with Gasteiger partial charge in [0.2, 0.25) is 15.6 Å². The maximum absolute atomic E-state index is 13.7. The summed E-state index contributed by atoms with van der Waals surface area (Å²) in [6.45, 7) is 0.786. The highest BCUT2D eigenvalue weighted by molar-refractivity contribution is 7.89. The van der Waals surface area contributed by atoms with Crippen molar-refractivity contribution in [3.05, 3.63) is 64.3 Å². The number of rotatable bonds is 5. The van der Waals surface area contributed by atoms with Gasteiger partial charge in [0.1, 0.15) is 11.9 Å². The Morgan fingerprint density at radius 1 is 1.12 bits per heavy atom. The van der Waals surface area contributed by atoms with Crippen LogP contribution in [0.1, 0.15) is 18.5 Å². The third-order valence-corrected chi connectivity index (χ3v) is 5.68. The molecule has 0 saturated heterocycles. The molecular weight excluding hydrogens is 376 g/mol. The Morgan fingerprint density at radius 2 is 1.69 bits per heavy atom. The molecule has 0 aliphatic rings. The normalized spacial score (nSPS) is 13.8. The predicted molar refractivity (Wildman–Crippen MR) is 86.4 cm³/mol. The van der Waals surface area contributed by atoms with Gasteiger partial charge in [-0.15, -0.1) is 0 Å². The zero-order valence-corrected chi connectivity index (χ0v) is 14.7. The maximum Gasteiger partial charge on any atom is 0.409 e. The summed E-state index contributed by atoms with van der Waals surface area (Å²) < 4.78 is 80.9. The van der Waals surface area contributed by atoms with Crippen molar-refractivity contribution >= 4 is 10.0 Å². The Morgan fingerprint density at radius 3 is 2.15 bits per heavy atom. The van der Waals surface area contributed by atoms with Crippen LogP contribution in [0.2, 0.25) is 0 Å². The average Bonchev–Trinajstić information content (AvgIpc) is 2.54. The smallest absolute Gasteiger partial charge is 0.317 e. The molecule has 26 heavy (non-hydrogen) atoms. The van der Waals surface area contributed by atoms with Crippen molar-refractivity contribution in [2.75, 3.05) is 6.54 Å². The molecule has 10 heteroatoms. The molecule has 5 nitrogen and oxygen atoms in total. The third-order valence-electron chi connectivity index (χ3n) is 3.76. The first-order chi connectivity index (χ1) is 12.0. The van der Waals surface area contributed by atoms with E-state index in [9.17, 15) is 30.8 Å². The molecule has 0 fully saturated rings. The highest BCUT2D eigenvalue weighted by atomic mass is 32.2. The van der Waals surface area contributed by atoms with Crippen molar-refractivity contribution < 1.29 is 26.0 Å².